The van der Waals surface area contributed by atoms with Crippen molar-refractivity contribution in [3.63, 3.8) is 0 Å². The van der Waals surface area contributed by atoms with Gasteiger partial charge in [0.25, 0.3) is 0 Å². The third kappa shape index (κ3) is 4.89. The van der Waals surface area contributed by atoms with Gasteiger partial charge in [-0.2, -0.15) is 0 Å². The molecule has 0 aliphatic carbocycles. The molecule has 0 saturated carbocycles. The lowest BCUT2D eigenvalue weighted by molar-refractivity contribution is 0.163. The fourth-order valence-electron chi connectivity index (χ4n) is 2.54. The Morgan fingerprint density at radius 3 is 2.74 bits per heavy atom. The van der Waals surface area contributed by atoms with E-state index in [1.165, 1.54) is 0 Å². The van der Waals surface area contributed by atoms with Crippen LogP contribution in [0.25, 0.3) is 11.3 Å². The van der Waals surface area contributed by atoms with Crippen LogP contribution in [0.3, 0.4) is 0 Å². The highest BCUT2D eigenvalue weighted by molar-refractivity contribution is 9.10. The standard InChI is InChI=1S/C20H19BrN2O4/c1-13-18(19(27-23-13)15-6-8-16(21)9-7-15)22-20(24)26-11-10-14-4-3-5-17(12-14)25-2/h3-9,12H,10-11H2,1-2H3,(H,22,24). The summed E-state index contributed by atoms with van der Waals surface area (Å²) in [6.45, 7) is 2.01. The Morgan fingerprint density at radius 1 is 1.22 bits per heavy atom. The summed E-state index contributed by atoms with van der Waals surface area (Å²) >= 11 is 3.39. The van der Waals surface area contributed by atoms with Gasteiger partial charge in [0.05, 0.1) is 13.7 Å². The van der Waals surface area contributed by atoms with E-state index < -0.39 is 6.09 Å². The van der Waals surface area contributed by atoms with E-state index >= 15 is 0 Å². The molecule has 0 spiro atoms. The summed E-state index contributed by atoms with van der Waals surface area (Å²) in [6, 6.07) is 15.2. The lowest BCUT2D eigenvalue weighted by Crippen LogP contribution is -2.16. The van der Waals surface area contributed by atoms with Crippen molar-refractivity contribution in [3.05, 3.63) is 64.3 Å². The minimum Gasteiger partial charge on any atom is -0.497 e. The number of nitrogens with zero attached hydrogens (tertiary/aromatic N) is 1. The molecule has 0 unspecified atom stereocenters. The number of aromatic nitrogens is 1. The number of aryl methyl sites for hydroxylation is 1. The molecule has 0 fully saturated rings. The lowest BCUT2D eigenvalue weighted by atomic mass is 10.1. The third-order valence-electron chi connectivity index (χ3n) is 3.95. The Labute approximate surface area is 165 Å². The Kier molecular flexibility index (Phi) is 6.13. The average Bonchev–Trinajstić information content (AvgIpc) is 3.03. The topological polar surface area (TPSA) is 73.6 Å². The number of anilines is 1. The molecule has 1 aromatic heterocycles. The number of carbonyl (C=O) groups is 1. The normalized spacial score (nSPS) is 10.5. The molecule has 6 nitrogen and oxygen atoms in total. The van der Waals surface area contributed by atoms with Crippen LogP contribution >= 0.6 is 15.9 Å². The molecular weight excluding hydrogens is 412 g/mol. The highest BCUT2D eigenvalue weighted by Gasteiger charge is 2.18. The number of nitrogens with one attached hydrogen (secondary N) is 1. The first-order chi connectivity index (χ1) is 13.1. The minimum absolute atomic E-state index is 0.247. The van der Waals surface area contributed by atoms with Gasteiger partial charge in [-0.15, -0.1) is 0 Å². The molecule has 0 bridgehead atoms. The van der Waals surface area contributed by atoms with Crippen LogP contribution in [0.1, 0.15) is 11.3 Å². The van der Waals surface area contributed by atoms with Crippen molar-refractivity contribution in [1.82, 2.24) is 5.16 Å². The van der Waals surface area contributed by atoms with Crippen LogP contribution in [0.2, 0.25) is 0 Å². The van der Waals surface area contributed by atoms with Crippen LogP contribution in [0.15, 0.2) is 57.5 Å². The van der Waals surface area contributed by atoms with E-state index in [1.807, 2.05) is 48.5 Å². The molecule has 0 atom stereocenters. The highest BCUT2D eigenvalue weighted by Crippen LogP contribution is 2.31. The molecule has 1 amide bonds. The van der Waals surface area contributed by atoms with Crippen molar-refractivity contribution in [2.24, 2.45) is 0 Å². The monoisotopic (exact) mass is 430 g/mol. The number of halogens is 1. The fourth-order valence-corrected chi connectivity index (χ4v) is 2.81. The largest absolute Gasteiger partial charge is 0.497 e. The molecule has 0 aliphatic heterocycles. The zero-order valence-electron chi connectivity index (χ0n) is 15.0. The number of carbonyl (C=O) groups excluding carboxylic acids is 1. The van der Waals surface area contributed by atoms with Gasteiger partial charge in [0.2, 0.25) is 0 Å². The van der Waals surface area contributed by atoms with E-state index in [4.69, 9.17) is 14.0 Å². The molecule has 3 aromatic rings. The van der Waals surface area contributed by atoms with Gasteiger partial charge in [-0.3, -0.25) is 5.32 Å². The van der Waals surface area contributed by atoms with Crippen LogP contribution in [0.4, 0.5) is 10.5 Å². The lowest BCUT2D eigenvalue weighted by Gasteiger charge is -2.08. The van der Waals surface area contributed by atoms with Crippen molar-refractivity contribution in [2.75, 3.05) is 19.0 Å². The number of hydrogen-bond donors (Lipinski definition) is 1. The third-order valence-corrected chi connectivity index (χ3v) is 4.48. The number of ether oxygens (including phenoxy) is 2. The SMILES string of the molecule is COc1cccc(CCOC(=O)Nc2c(C)noc2-c2ccc(Br)cc2)c1. The molecule has 7 heteroatoms. The van der Waals surface area contributed by atoms with Crippen LogP contribution < -0.4 is 10.1 Å². The van der Waals surface area contributed by atoms with E-state index in [-0.39, 0.29) is 6.61 Å². The van der Waals surface area contributed by atoms with E-state index in [2.05, 4.69) is 26.4 Å². The number of amides is 1. The predicted molar refractivity (Wildman–Crippen MR) is 106 cm³/mol. The number of hydrogen-bond acceptors (Lipinski definition) is 5. The fraction of sp³-hybridized carbons (Fsp3) is 0.200. The van der Waals surface area contributed by atoms with Gasteiger partial charge in [0.1, 0.15) is 17.1 Å². The smallest absolute Gasteiger partial charge is 0.411 e. The zero-order chi connectivity index (χ0) is 19.2. The quantitative estimate of drug-likeness (QED) is 0.580. The maximum Gasteiger partial charge on any atom is 0.411 e. The van der Waals surface area contributed by atoms with Crippen LogP contribution in [-0.2, 0) is 11.2 Å². The Morgan fingerprint density at radius 2 is 2.00 bits per heavy atom. The van der Waals surface area contributed by atoms with Gasteiger partial charge in [-0.1, -0.05) is 33.2 Å². The molecule has 1 heterocycles. The van der Waals surface area contributed by atoms with Crippen molar-refractivity contribution in [3.8, 4) is 17.1 Å². The van der Waals surface area contributed by atoms with Crippen LogP contribution in [0, 0.1) is 6.92 Å². The van der Waals surface area contributed by atoms with Crippen molar-refractivity contribution in [2.45, 2.75) is 13.3 Å². The maximum atomic E-state index is 12.2. The number of benzene rings is 2. The van der Waals surface area contributed by atoms with Gasteiger partial charge >= 0.3 is 6.09 Å². The molecule has 2 aromatic carbocycles. The summed E-state index contributed by atoms with van der Waals surface area (Å²) in [5.41, 5.74) is 2.92. The summed E-state index contributed by atoms with van der Waals surface area (Å²) in [6.07, 6.45) is 0.0369. The summed E-state index contributed by atoms with van der Waals surface area (Å²) in [5.74, 6) is 1.26. The van der Waals surface area contributed by atoms with Gasteiger partial charge in [0.15, 0.2) is 5.76 Å². The van der Waals surface area contributed by atoms with Crippen molar-refractivity contribution < 1.29 is 18.8 Å². The van der Waals surface area contributed by atoms with E-state index in [9.17, 15) is 4.79 Å². The summed E-state index contributed by atoms with van der Waals surface area (Å²) in [7, 11) is 1.62. The van der Waals surface area contributed by atoms with Gasteiger partial charge < -0.3 is 14.0 Å². The Balaban J connectivity index is 1.61. The summed E-state index contributed by atoms with van der Waals surface area (Å²) < 4.78 is 16.8. The molecule has 0 radical (unpaired) electrons. The first-order valence-electron chi connectivity index (χ1n) is 8.35. The first kappa shape index (κ1) is 19.0. The second kappa shape index (κ2) is 8.73. The number of rotatable bonds is 6. The van der Waals surface area contributed by atoms with Gasteiger partial charge in [-0.25, -0.2) is 4.79 Å². The summed E-state index contributed by atoms with van der Waals surface area (Å²) in [5, 5.41) is 6.67. The van der Waals surface area contributed by atoms with E-state index in [0.29, 0.717) is 23.6 Å². The summed E-state index contributed by atoms with van der Waals surface area (Å²) in [4.78, 5) is 12.2. The van der Waals surface area contributed by atoms with E-state index in [1.54, 1.807) is 14.0 Å². The Bertz CT molecular complexity index is 922. The minimum atomic E-state index is -0.553. The van der Waals surface area contributed by atoms with Crippen molar-refractivity contribution in [1.29, 1.82) is 0 Å². The second-order valence-corrected chi connectivity index (χ2v) is 6.76. The number of methoxy groups -OCH3 is 1. The predicted octanol–water partition coefficient (Wildman–Crippen LogP) is 5.21. The molecule has 1 N–H and O–H groups in total. The zero-order valence-corrected chi connectivity index (χ0v) is 16.6. The van der Waals surface area contributed by atoms with Crippen molar-refractivity contribution >= 4 is 27.7 Å². The molecule has 0 aliphatic rings. The average molecular weight is 431 g/mol. The van der Waals surface area contributed by atoms with Crippen LogP contribution in [-0.4, -0.2) is 25.0 Å². The van der Waals surface area contributed by atoms with Crippen LogP contribution in [0.5, 0.6) is 5.75 Å². The molecular formula is C20H19BrN2O4. The molecule has 27 heavy (non-hydrogen) atoms. The van der Waals surface area contributed by atoms with Gasteiger partial charge in [-0.05, 0) is 48.9 Å². The van der Waals surface area contributed by atoms with E-state index in [0.717, 1.165) is 21.3 Å². The second-order valence-electron chi connectivity index (χ2n) is 5.84. The maximum absolute atomic E-state index is 12.2. The molecule has 0 saturated heterocycles. The molecule has 3 rings (SSSR count). The Hall–Kier alpha value is -2.80. The molecule has 140 valence electrons. The van der Waals surface area contributed by atoms with Gasteiger partial charge in [0, 0.05) is 16.5 Å². The highest BCUT2D eigenvalue weighted by atomic mass is 79.9. The first-order valence-corrected chi connectivity index (χ1v) is 9.15.